The molecule has 1 N–H and O–H groups in total. The number of carbonyl (C=O) groups is 2. The van der Waals surface area contributed by atoms with Gasteiger partial charge >= 0.3 is 5.97 Å². The molecule has 0 fully saturated rings. The van der Waals surface area contributed by atoms with Gasteiger partial charge in [-0.05, 0) is 17.7 Å². The number of halogens is 1. The first kappa shape index (κ1) is 12.7. The van der Waals surface area contributed by atoms with Gasteiger partial charge in [0.25, 0.3) is 5.91 Å². The van der Waals surface area contributed by atoms with Gasteiger partial charge in [-0.2, -0.15) is 0 Å². The Morgan fingerprint density at radius 2 is 2.33 bits per heavy atom. The highest BCUT2D eigenvalue weighted by Crippen LogP contribution is 2.31. The van der Waals surface area contributed by atoms with Gasteiger partial charge in [0.2, 0.25) is 0 Å². The van der Waals surface area contributed by atoms with E-state index in [1.54, 1.807) is 12.1 Å². The first-order valence-corrected chi connectivity index (χ1v) is 5.80. The molecule has 1 aromatic carbocycles. The molecule has 0 radical (unpaired) electrons. The summed E-state index contributed by atoms with van der Waals surface area (Å²) in [4.78, 5) is 23.0. The molecule has 0 atom stereocenters. The van der Waals surface area contributed by atoms with E-state index in [-0.39, 0.29) is 18.3 Å². The summed E-state index contributed by atoms with van der Waals surface area (Å²) in [6.45, 7) is 0.797. The van der Waals surface area contributed by atoms with Crippen LogP contribution in [0.2, 0.25) is 5.02 Å². The zero-order valence-electron chi connectivity index (χ0n) is 9.79. The van der Waals surface area contributed by atoms with Crippen LogP contribution in [0.3, 0.4) is 0 Å². The Bertz CT molecular complexity index is 501. The fourth-order valence-electron chi connectivity index (χ4n) is 1.72. The minimum atomic E-state index is -0.388. The van der Waals surface area contributed by atoms with E-state index in [1.165, 1.54) is 7.11 Å². The Balaban J connectivity index is 2.39. The third-order valence-electron chi connectivity index (χ3n) is 2.56. The van der Waals surface area contributed by atoms with Crippen LogP contribution in [0.4, 0.5) is 0 Å². The monoisotopic (exact) mass is 269 g/mol. The number of esters is 1. The summed E-state index contributed by atoms with van der Waals surface area (Å²) < 4.78 is 9.98. The quantitative estimate of drug-likeness (QED) is 0.819. The topological polar surface area (TPSA) is 64.6 Å². The van der Waals surface area contributed by atoms with E-state index in [9.17, 15) is 9.59 Å². The lowest BCUT2D eigenvalue weighted by Crippen LogP contribution is -2.24. The van der Waals surface area contributed by atoms with Crippen molar-refractivity contribution in [2.45, 2.75) is 6.42 Å². The highest BCUT2D eigenvalue weighted by molar-refractivity contribution is 6.32. The molecular weight excluding hydrogens is 258 g/mol. The summed E-state index contributed by atoms with van der Waals surface area (Å²) in [6.07, 6.45) is 0.0662. The van der Waals surface area contributed by atoms with Crippen LogP contribution in [0.15, 0.2) is 12.1 Å². The highest BCUT2D eigenvalue weighted by atomic mass is 35.5. The third kappa shape index (κ3) is 2.56. The van der Waals surface area contributed by atoms with E-state index >= 15 is 0 Å². The molecule has 1 heterocycles. The second-order valence-electron chi connectivity index (χ2n) is 3.81. The molecule has 6 heteroatoms. The van der Waals surface area contributed by atoms with Crippen molar-refractivity contribution in [2.75, 3.05) is 20.3 Å². The molecule has 1 aromatic rings. The van der Waals surface area contributed by atoms with Crippen LogP contribution >= 0.6 is 11.6 Å². The van der Waals surface area contributed by atoms with Crippen molar-refractivity contribution in [3.8, 4) is 5.75 Å². The third-order valence-corrected chi connectivity index (χ3v) is 2.84. The Morgan fingerprint density at radius 3 is 3.06 bits per heavy atom. The normalized spacial score (nSPS) is 14.0. The minimum Gasteiger partial charge on any atom is -0.489 e. The van der Waals surface area contributed by atoms with Gasteiger partial charge in [-0.1, -0.05) is 11.6 Å². The average molecular weight is 270 g/mol. The maximum atomic E-state index is 11.8. The van der Waals surface area contributed by atoms with Crippen LogP contribution < -0.4 is 10.1 Å². The van der Waals surface area contributed by atoms with Crippen LogP contribution in [-0.4, -0.2) is 32.1 Å². The van der Waals surface area contributed by atoms with Gasteiger partial charge in [-0.3, -0.25) is 9.59 Å². The molecule has 0 bridgehead atoms. The van der Waals surface area contributed by atoms with E-state index in [4.69, 9.17) is 16.3 Å². The van der Waals surface area contributed by atoms with Gasteiger partial charge in [0.05, 0.1) is 30.7 Å². The zero-order chi connectivity index (χ0) is 13.1. The van der Waals surface area contributed by atoms with Crippen molar-refractivity contribution in [3.05, 3.63) is 28.3 Å². The van der Waals surface area contributed by atoms with E-state index in [1.807, 2.05) is 0 Å². The molecule has 1 aliphatic heterocycles. The van der Waals surface area contributed by atoms with Gasteiger partial charge in [0, 0.05) is 0 Å². The summed E-state index contributed by atoms with van der Waals surface area (Å²) in [7, 11) is 1.31. The lowest BCUT2D eigenvalue weighted by atomic mass is 10.1. The average Bonchev–Trinajstić information content (AvgIpc) is 2.52. The molecule has 0 aliphatic carbocycles. The van der Waals surface area contributed by atoms with Crippen molar-refractivity contribution in [1.29, 1.82) is 0 Å². The molecule has 5 nitrogen and oxygen atoms in total. The maximum absolute atomic E-state index is 11.8. The van der Waals surface area contributed by atoms with Crippen LogP contribution in [0, 0.1) is 0 Å². The van der Waals surface area contributed by atoms with Crippen molar-refractivity contribution >= 4 is 23.5 Å². The van der Waals surface area contributed by atoms with Crippen LogP contribution in [0.1, 0.15) is 15.9 Å². The predicted molar refractivity (Wildman–Crippen MR) is 65.0 cm³/mol. The van der Waals surface area contributed by atoms with Crippen molar-refractivity contribution < 1.29 is 19.1 Å². The smallest absolute Gasteiger partial charge is 0.309 e. The summed E-state index contributed by atoms with van der Waals surface area (Å²) in [5.74, 6) is -0.280. The van der Waals surface area contributed by atoms with Crippen LogP contribution in [-0.2, 0) is 16.0 Å². The van der Waals surface area contributed by atoms with E-state index in [2.05, 4.69) is 10.1 Å². The summed E-state index contributed by atoms with van der Waals surface area (Å²) in [5.41, 5.74) is 0.963. The molecular formula is C12H12ClNO4. The van der Waals surface area contributed by atoms with Crippen LogP contribution in [0.5, 0.6) is 5.75 Å². The second-order valence-corrected chi connectivity index (χ2v) is 4.22. The number of hydrogen-bond acceptors (Lipinski definition) is 4. The Morgan fingerprint density at radius 1 is 1.56 bits per heavy atom. The summed E-state index contributed by atoms with van der Waals surface area (Å²) in [5, 5.41) is 3.01. The zero-order valence-corrected chi connectivity index (χ0v) is 10.5. The van der Waals surface area contributed by atoms with Crippen molar-refractivity contribution in [2.24, 2.45) is 0 Å². The number of methoxy groups -OCH3 is 1. The molecule has 0 spiro atoms. The van der Waals surface area contributed by atoms with E-state index in [0.29, 0.717) is 35.1 Å². The number of hydrogen-bond donors (Lipinski definition) is 1. The van der Waals surface area contributed by atoms with Crippen molar-refractivity contribution in [1.82, 2.24) is 5.32 Å². The van der Waals surface area contributed by atoms with Crippen LogP contribution in [0.25, 0.3) is 0 Å². The molecule has 0 aromatic heterocycles. The Kier molecular flexibility index (Phi) is 3.72. The Labute approximate surface area is 109 Å². The van der Waals surface area contributed by atoms with Gasteiger partial charge in [0.15, 0.2) is 5.75 Å². The molecule has 0 unspecified atom stereocenters. The Hall–Kier alpha value is -1.75. The van der Waals surface area contributed by atoms with Gasteiger partial charge < -0.3 is 14.8 Å². The van der Waals surface area contributed by atoms with E-state index < -0.39 is 0 Å². The second kappa shape index (κ2) is 5.27. The summed E-state index contributed by atoms with van der Waals surface area (Å²) >= 11 is 6.05. The van der Waals surface area contributed by atoms with E-state index in [0.717, 1.165) is 0 Å². The molecule has 2 rings (SSSR count). The summed E-state index contributed by atoms with van der Waals surface area (Å²) in [6, 6.07) is 3.20. The standard InChI is InChI=1S/C12H12ClNO4/c1-17-10(15)6-7-4-8-11(9(13)5-7)18-3-2-14-12(8)16/h4-5H,2-3,6H2,1H3,(H,14,16). The number of amides is 1. The minimum absolute atomic E-state index is 0.0662. The number of fused-ring (bicyclic) bond motifs is 1. The molecule has 0 saturated heterocycles. The molecule has 0 saturated carbocycles. The lowest BCUT2D eigenvalue weighted by Gasteiger charge is -2.10. The molecule has 1 amide bonds. The van der Waals surface area contributed by atoms with Crippen molar-refractivity contribution in [3.63, 3.8) is 0 Å². The number of carbonyl (C=O) groups excluding carboxylic acids is 2. The largest absolute Gasteiger partial charge is 0.489 e. The SMILES string of the molecule is COC(=O)Cc1cc(Cl)c2c(c1)C(=O)NCCO2. The number of nitrogens with one attached hydrogen (secondary N) is 1. The molecule has 96 valence electrons. The van der Waals surface area contributed by atoms with Gasteiger partial charge in [-0.25, -0.2) is 0 Å². The number of benzene rings is 1. The fraction of sp³-hybridized carbons (Fsp3) is 0.333. The van der Waals surface area contributed by atoms with Gasteiger partial charge in [0.1, 0.15) is 6.61 Å². The fourth-order valence-corrected chi connectivity index (χ4v) is 2.02. The first-order valence-electron chi connectivity index (χ1n) is 5.42. The van der Waals surface area contributed by atoms with Gasteiger partial charge in [-0.15, -0.1) is 0 Å². The highest BCUT2D eigenvalue weighted by Gasteiger charge is 2.20. The number of ether oxygens (including phenoxy) is 2. The lowest BCUT2D eigenvalue weighted by molar-refractivity contribution is -0.139. The molecule has 1 aliphatic rings. The molecule has 18 heavy (non-hydrogen) atoms. The maximum Gasteiger partial charge on any atom is 0.309 e. The number of rotatable bonds is 2. The predicted octanol–water partition coefficient (Wildman–Crippen LogP) is 1.18. The first-order chi connectivity index (χ1) is 8.61.